The fourth-order valence-electron chi connectivity index (χ4n) is 2.00. The Hall–Kier alpha value is -1.94. The van der Waals surface area contributed by atoms with E-state index in [9.17, 15) is 4.39 Å². The number of nitrogens with zero attached hydrogens (tertiary/aromatic N) is 1. The number of halogens is 1. The molecule has 1 aromatic heterocycles. The van der Waals surface area contributed by atoms with E-state index >= 15 is 0 Å². The average Bonchev–Trinajstić information content (AvgIpc) is 2.46. The molecule has 2 atom stereocenters. The number of rotatable bonds is 4. The number of hydrogen-bond acceptors (Lipinski definition) is 3. The fraction of sp³-hybridized carbons (Fsp3) is 0.267. The molecule has 0 saturated carbocycles. The number of nitrogens with two attached hydrogens (primary N) is 1. The van der Waals surface area contributed by atoms with E-state index in [1.807, 2.05) is 25.1 Å². The Labute approximate surface area is 112 Å². The van der Waals surface area contributed by atoms with Crippen molar-refractivity contribution in [3.63, 3.8) is 0 Å². The van der Waals surface area contributed by atoms with Gasteiger partial charge in [0.2, 0.25) is 0 Å². The summed E-state index contributed by atoms with van der Waals surface area (Å²) in [5.41, 5.74) is 7.47. The Balaban J connectivity index is 2.26. The second-order valence-corrected chi connectivity index (χ2v) is 4.46. The van der Waals surface area contributed by atoms with Gasteiger partial charge in [0.05, 0.1) is 7.11 Å². The van der Waals surface area contributed by atoms with Gasteiger partial charge in [0.15, 0.2) is 0 Å². The highest BCUT2D eigenvalue weighted by atomic mass is 19.1. The third-order valence-electron chi connectivity index (χ3n) is 3.26. The van der Waals surface area contributed by atoms with Crippen LogP contribution in [0.1, 0.15) is 30.1 Å². The summed E-state index contributed by atoms with van der Waals surface area (Å²) in [5, 5.41) is 0. The number of aromatic nitrogens is 1. The zero-order valence-corrected chi connectivity index (χ0v) is 11.0. The zero-order chi connectivity index (χ0) is 13.8. The summed E-state index contributed by atoms with van der Waals surface area (Å²) in [6.07, 6.45) is 1.71. The van der Waals surface area contributed by atoms with E-state index in [0.29, 0.717) is 11.3 Å². The summed E-state index contributed by atoms with van der Waals surface area (Å²) in [4.78, 5) is 4.26. The molecule has 0 fully saturated rings. The standard InChI is InChI=1S/C15H17FN2O/c1-10(14-5-3-4-8-18-14)15(17)12-7-6-11(19-2)9-13(12)16/h3-10,15H,17H2,1-2H3. The van der Waals surface area contributed by atoms with Crippen molar-refractivity contribution >= 4 is 0 Å². The molecule has 0 aliphatic carbocycles. The summed E-state index contributed by atoms with van der Waals surface area (Å²) >= 11 is 0. The summed E-state index contributed by atoms with van der Waals surface area (Å²) in [6.45, 7) is 1.94. The lowest BCUT2D eigenvalue weighted by Crippen LogP contribution is -2.19. The van der Waals surface area contributed by atoms with Crippen molar-refractivity contribution in [2.45, 2.75) is 18.9 Å². The van der Waals surface area contributed by atoms with E-state index in [2.05, 4.69) is 4.98 Å². The van der Waals surface area contributed by atoms with Crippen LogP contribution in [0.2, 0.25) is 0 Å². The van der Waals surface area contributed by atoms with Gasteiger partial charge in [0, 0.05) is 35.5 Å². The SMILES string of the molecule is COc1ccc(C(N)C(C)c2ccccn2)c(F)c1. The molecule has 0 spiro atoms. The molecular formula is C15H17FN2O. The van der Waals surface area contributed by atoms with E-state index in [1.165, 1.54) is 13.2 Å². The molecule has 1 aromatic carbocycles. The molecule has 0 amide bonds. The fourth-order valence-corrected chi connectivity index (χ4v) is 2.00. The molecule has 2 aromatic rings. The number of ether oxygens (including phenoxy) is 1. The van der Waals surface area contributed by atoms with Crippen LogP contribution in [0.25, 0.3) is 0 Å². The van der Waals surface area contributed by atoms with Crippen molar-refractivity contribution in [2.75, 3.05) is 7.11 Å². The third-order valence-corrected chi connectivity index (χ3v) is 3.26. The van der Waals surface area contributed by atoms with E-state index in [1.54, 1.807) is 18.3 Å². The molecule has 0 aliphatic heterocycles. The lowest BCUT2D eigenvalue weighted by atomic mass is 9.92. The number of benzene rings is 1. The average molecular weight is 260 g/mol. The minimum atomic E-state index is -0.444. The highest BCUT2D eigenvalue weighted by Gasteiger charge is 2.21. The number of methoxy groups -OCH3 is 1. The van der Waals surface area contributed by atoms with Crippen LogP contribution in [0.4, 0.5) is 4.39 Å². The first-order valence-corrected chi connectivity index (χ1v) is 6.13. The molecule has 2 N–H and O–H groups in total. The molecule has 100 valence electrons. The zero-order valence-electron chi connectivity index (χ0n) is 11.0. The van der Waals surface area contributed by atoms with Gasteiger partial charge in [-0.15, -0.1) is 0 Å². The minimum Gasteiger partial charge on any atom is -0.497 e. The normalized spacial score (nSPS) is 13.9. The van der Waals surface area contributed by atoms with Gasteiger partial charge >= 0.3 is 0 Å². The predicted octanol–water partition coefficient (Wildman–Crippen LogP) is 3.03. The van der Waals surface area contributed by atoms with Crippen LogP contribution < -0.4 is 10.5 Å². The van der Waals surface area contributed by atoms with Crippen molar-refractivity contribution in [2.24, 2.45) is 5.73 Å². The second kappa shape index (κ2) is 5.80. The first-order chi connectivity index (χ1) is 9.13. The van der Waals surface area contributed by atoms with Crippen LogP contribution in [-0.2, 0) is 0 Å². The third kappa shape index (κ3) is 2.90. The van der Waals surface area contributed by atoms with Crippen molar-refractivity contribution < 1.29 is 9.13 Å². The van der Waals surface area contributed by atoms with Crippen molar-refractivity contribution in [1.29, 1.82) is 0 Å². The lowest BCUT2D eigenvalue weighted by molar-refractivity contribution is 0.409. The van der Waals surface area contributed by atoms with Gasteiger partial charge in [0.25, 0.3) is 0 Å². The molecule has 19 heavy (non-hydrogen) atoms. The molecule has 4 heteroatoms. The van der Waals surface area contributed by atoms with Gasteiger partial charge in [-0.3, -0.25) is 4.98 Å². The summed E-state index contributed by atoms with van der Waals surface area (Å²) in [7, 11) is 1.50. The van der Waals surface area contributed by atoms with E-state index in [0.717, 1.165) is 5.69 Å². The quantitative estimate of drug-likeness (QED) is 0.919. The van der Waals surface area contributed by atoms with Gasteiger partial charge < -0.3 is 10.5 Å². The smallest absolute Gasteiger partial charge is 0.131 e. The van der Waals surface area contributed by atoms with Crippen LogP contribution in [0, 0.1) is 5.82 Å². The maximum atomic E-state index is 14.0. The second-order valence-electron chi connectivity index (χ2n) is 4.46. The van der Waals surface area contributed by atoms with Crippen molar-refractivity contribution in [3.05, 3.63) is 59.7 Å². The highest BCUT2D eigenvalue weighted by Crippen LogP contribution is 2.30. The van der Waals surface area contributed by atoms with Crippen LogP contribution in [-0.4, -0.2) is 12.1 Å². The van der Waals surface area contributed by atoms with Crippen molar-refractivity contribution in [1.82, 2.24) is 4.98 Å². The van der Waals surface area contributed by atoms with E-state index in [4.69, 9.17) is 10.5 Å². The van der Waals surface area contributed by atoms with Crippen LogP contribution in [0.3, 0.4) is 0 Å². The lowest BCUT2D eigenvalue weighted by Gasteiger charge is -2.20. The summed E-state index contributed by atoms with van der Waals surface area (Å²) < 4.78 is 19.0. The molecule has 0 saturated heterocycles. The molecular weight excluding hydrogens is 243 g/mol. The largest absolute Gasteiger partial charge is 0.497 e. The molecule has 0 radical (unpaired) electrons. The molecule has 2 unspecified atom stereocenters. The maximum absolute atomic E-state index is 14.0. The predicted molar refractivity (Wildman–Crippen MR) is 72.5 cm³/mol. The van der Waals surface area contributed by atoms with Crippen LogP contribution >= 0.6 is 0 Å². The number of hydrogen-bond donors (Lipinski definition) is 1. The van der Waals surface area contributed by atoms with Gasteiger partial charge in [-0.2, -0.15) is 0 Å². The van der Waals surface area contributed by atoms with Crippen molar-refractivity contribution in [3.8, 4) is 5.75 Å². The maximum Gasteiger partial charge on any atom is 0.131 e. The van der Waals surface area contributed by atoms with Gasteiger partial charge in [-0.25, -0.2) is 4.39 Å². The van der Waals surface area contributed by atoms with E-state index in [-0.39, 0.29) is 11.7 Å². The van der Waals surface area contributed by atoms with Gasteiger partial charge in [0.1, 0.15) is 11.6 Å². The Bertz CT molecular complexity index is 545. The first kappa shape index (κ1) is 13.5. The Morgan fingerprint density at radius 2 is 2.05 bits per heavy atom. The minimum absolute atomic E-state index is 0.0657. The van der Waals surface area contributed by atoms with Gasteiger partial charge in [-0.1, -0.05) is 19.1 Å². The number of pyridine rings is 1. The Morgan fingerprint density at radius 3 is 2.63 bits per heavy atom. The molecule has 0 bridgehead atoms. The van der Waals surface area contributed by atoms with Crippen LogP contribution in [0.5, 0.6) is 5.75 Å². The van der Waals surface area contributed by atoms with Gasteiger partial charge in [-0.05, 0) is 18.2 Å². The Kier molecular flexibility index (Phi) is 4.12. The molecule has 3 nitrogen and oxygen atoms in total. The molecule has 2 rings (SSSR count). The molecule has 0 aliphatic rings. The summed E-state index contributed by atoms with van der Waals surface area (Å²) in [5.74, 6) is 0.0673. The molecule has 1 heterocycles. The first-order valence-electron chi connectivity index (χ1n) is 6.13. The highest BCUT2D eigenvalue weighted by molar-refractivity contribution is 5.32. The topological polar surface area (TPSA) is 48.1 Å². The van der Waals surface area contributed by atoms with Crippen LogP contribution in [0.15, 0.2) is 42.6 Å². The van der Waals surface area contributed by atoms with E-state index < -0.39 is 6.04 Å². The monoisotopic (exact) mass is 260 g/mol. The summed E-state index contributed by atoms with van der Waals surface area (Å²) in [6, 6.07) is 9.92. The Morgan fingerprint density at radius 1 is 1.26 bits per heavy atom.